The van der Waals surface area contributed by atoms with Crippen LogP contribution in [0.5, 0.6) is 5.75 Å². The van der Waals surface area contributed by atoms with Crippen LogP contribution in [0.3, 0.4) is 0 Å². The standard InChI is InChI=1S/C18H24N6O3/c19-12-3-5-13(6-4-12)24-10-16(22-23-24)18(27)21-15(17(20)26)9-11-1-7-14(25)8-2-11/h1-2,7-8,10,12-13,15,25H,3-6,9,19H2,(H2,20,26)(H,21,27)/t12?,13?,15-/m0/s1. The van der Waals surface area contributed by atoms with Crippen LogP contribution in [0, 0.1) is 0 Å². The lowest BCUT2D eigenvalue weighted by Gasteiger charge is -2.25. The minimum Gasteiger partial charge on any atom is -0.508 e. The van der Waals surface area contributed by atoms with Gasteiger partial charge in [0.05, 0.1) is 12.2 Å². The molecular weight excluding hydrogens is 348 g/mol. The van der Waals surface area contributed by atoms with Crippen LogP contribution in [0.1, 0.15) is 47.8 Å². The Morgan fingerprint density at radius 2 is 1.89 bits per heavy atom. The lowest BCUT2D eigenvalue weighted by atomic mass is 9.92. The second-order valence-electron chi connectivity index (χ2n) is 6.95. The van der Waals surface area contributed by atoms with E-state index in [-0.39, 0.29) is 29.9 Å². The molecule has 0 radical (unpaired) electrons. The average Bonchev–Trinajstić information content (AvgIpc) is 3.13. The quantitative estimate of drug-likeness (QED) is 0.571. The van der Waals surface area contributed by atoms with E-state index in [1.54, 1.807) is 23.0 Å². The first kappa shape index (κ1) is 18.8. The summed E-state index contributed by atoms with van der Waals surface area (Å²) in [5, 5.41) is 19.9. The highest BCUT2D eigenvalue weighted by Gasteiger charge is 2.24. The van der Waals surface area contributed by atoms with Crippen molar-refractivity contribution < 1.29 is 14.7 Å². The van der Waals surface area contributed by atoms with E-state index in [9.17, 15) is 14.7 Å². The first-order valence-corrected chi connectivity index (χ1v) is 8.98. The Hall–Kier alpha value is -2.94. The second-order valence-corrected chi connectivity index (χ2v) is 6.95. The Morgan fingerprint density at radius 1 is 1.22 bits per heavy atom. The Balaban J connectivity index is 1.64. The number of aromatic hydroxyl groups is 1. The average molecular weight is 372 g/mol. The number of hydrogen-bond donors (Lipinski definition) is 4. The fraction of sp³-hybridized carbons (Fsp3) is 0.444. The molecule has 1 aliphatic carbocycles. The maximum absolute atomic E-state index is 12.5. The zero-order valence-corrected chi connectivity index (χ0v) is 14.9. The van der Waals surface area contributed by atoms with Crippen molar-refractivity contribution in [3.63, 3.8) is 0 Å². The number of primary amides is 1. The van der Waals surface area contributed by atoms with Gasteiger partial charge >= 0.3 is 0 Å². The molecule has 1 aromatic carbocycles. The van der Waals surface area contributed by atoms with Gasteiger partial charge in [0.2, 0.25) is 5.91 Å². The van der Waals surface area contributed by atoms with E-state index < -0.39 is 17.9 Å². The van der Waals surface area contributed by atoms with Gasteiger partial charge in [-0.15, -0.1) is 5.10 Å². The Morgan fingerprint density at radius 3 is 2.52 bits per heavy atom. The van der Waals surface area contributed by atoms with Crippen molar-refractivity contribution in [2.24, 2.45) is 11.5 Å². The van der Waals surface area contributed by atoms with E-state index in [4.69, 9.17) is 11.5 Å². The minimum atomic E-state index is -0.889. The molecule has 1 saturated carbocycles. The SMILES string of the molecule is NC(=O)[C@H](Cc1ccc(O)cc1)NC(=O)c1cn(C2CCC(N)CC2)nn1. The van der Waals surface area contributed by atoms with E-state index in [1.165, 1.54) is 12.1 Å². The number of benzene rings is 1. The van der Waals surface area contributed by atoms with Crippen molar-refractivity contribution in [3.8, 4) is 5.75 Å². The molecule has 1 fully saturated rings. The molecule has 1 aromatic heterocycles. The zero-order chi connectivity index (χ0) is 19.4. The van der Waals surface area contributed by atoms with Gasteiger partial charge in [-0.3, -0.25) is 9.59 Å². The number of hydrogen-bond acceptors (Lipinski definition) is 6. The van der Waals surface area contributed by atoms with Gasteiger partial charge in [-0.2, -0.15) is 0 Å². The highest BCUT2D eigenvalue weighted by atomic mass is 16.3. The molecule has 0 saturated heterocycles. The van der Waals surface area contributed by atoms with Crippen LogP contribution < -0.4 is 16.8 Å². The Bertz CT molecular complexity index is 796. The summed E-state index contributed by atoms with van der Waals surface area (Å²) in [6.07, 6.45) is 5.45. The van der Waals surface area contributed by atoms with Gasteiger partial charge < -0.3 is 21.9 Å². The molecule has 1 atom stereocenters. The van der Waals surface area contributed by atoms with Gasteiger partial charge in [0, 0.05) is 12.5 Å². The fourth-order valence-corrected chi connectivity index (χ4v) is 3.25. The summed E-state index contributed by atoms with van der Waals surface area (Å²) in [6, 6.07) is 5.88. The zero-order valence-electron chi connectivity index (χ0n) is 14.9. The molecule has 0 aliphatic heterocycles. The Labute approximate surface area is 156 Å². The third kappa shape index (κ3) is 4.82. The molecule has 27 heavy (non-hydrogen) atoms. The number of nitrogens with two attached hydrogens (primary N) is 2. The summed E-state index contributed by atoms with van der Waals surface area (Å²) in [5.74, 6) is -1.03. The van der Waals surface area contributed by atoms with E-state index in [0.29, 0.717) is 0 Å². The number of nitrogens with one attached hydrogen (secondary N) is 1. The number of rotatable bonds is 6. The van der Waals surface area contributed by atoms with E-state index >= 15 is 0 Å². The molecule has 2 amide bonds. The minimum absolute atomic E-state index is 0.124. The summed E-state index contributed by atoms with van der Waals surface area (Å²) in [6.45, 7) is 0. The second kappa shape index (κ2) is 8.17. The molecule has 9 heteroatoms. The van der Waals surface area contributed by atoms with E-state index in [1.807, 2.05) is 0 Å². The van der Waals surface area contributed by atoms with Crippen LogP contribution >= 0.6 is 0 Å². The van der Waals surface area contributed by atoms with Crippen LogP contribution in [-0.4, -0.2) is 44.0 Å². The van der Waals surface area contributed by atoms with Gasteiger partial charge in [-0.05, 0) is 43.4 Å². The smallest absolute Gasteiger partial charge is 0.274 e. The molecule has 6 N–H and O–H groups in total. The number of phenolic OH excluding ortho intramolecular Hbond substituents is 1. The molecule has 0 unspecified atom stereocenters. The fourth-order valence-electron chi connectivity index (χ4n) is 3.25. The largest absolute Gasteiger partial charge is 0.508 e. The number of phenols is 1. The molecule has 3 rings (SSSR count). The molecule has 1 heterocycles. The predicted octanol–water partition coefficient (Wildman–Crippen LogP) is 0.252. The first-order valence-electron chi connectivity index (χ1n) is 8.98. The number of nitrogens with zero attached hydrogens (tertiary/aromatic N) is 3. The molecule has 1 aliphatic rings. The van der Waals surface area contributed by atoms with Crippen molar-refractivity contribution in [2.75, 3.05) is 0 Å². The van der Waals surface area contributed by atoms with Gasteiger partial charge in [0.25, 0.3) is 5.91 Å². The third-order valence-corrected chi connectivity index (χ3v) is 4.88. The van der Waals surface area contributed by atoms with Crippen molar-refractivity contribution in [1.29, 1.82) is 0 Å². The van der Waals surface area contributed by atoms with Crippen molar-refractivity contribution in [2.45, 2.75) is 50.2 Å². The predicted molar refractivity (Wildman–Crippen MR) is 97.8 cm³/mol. The molecule has 2 aromatic rings. The van der Waals surface area contributed by atoms with Gasteiger partial charge in [0.1, 0.15) is 11.8 Å². The van der Waals surface area contributed by atoms with Crippen molar-refractivity contribution in [1.82, 2.24) is 20.3 Å². The van der Waals surface area contributed by atoms with Gasteiger partial charge in [0.15, 0.2) is 5.69 Å². The van der Waals surface area contributed by atoms with Crippen LogP contribution in [-0.2, 0) is 11.2 Å². The van der Waals surface area contributed by atoms with Gasteiger partial charge in [-0.1, -0.05) is 17.3 Å². The highest BCUT2D eigenvalue weighted by Crippen LogP contribution is 2.26. The lowest BCUT2D eigenvalue weighted by Crippen LogP contribution is -2.46. The summed E-state index contributed by atoms with van der Waals surface area (Å²) in [5.41, 5.74) is 12.2. The topological polar surface area (TPSA) is 149 Å². The molecule has 144 valence electrons. The number of amides is 2. The summed E-state index contributed by atoms with van der Waals surface area (Å²) >= 11 is 0. The molecule has 9 nitrogen and oxygen atoms in total. The molecule has 0 spiro atoms. The van der Waals surface area contributed by atoms with Crippen LogP contribution in [0.25, 0.3) is 0 Å². The number of aromatic nitrogens is 3. The van der Waals surface area contributed by atoms with Crippen molar-refractivity contribution >= 4 is 11.8 Å². The Kier molecular flexibility index (Phi) is 5.70. The monoisotopic (exact) mass is 372 g/mol. The van der Waals surface area contributed by atoms with Crippen LogP contribution in [0.2, 0.25) is 0 Å². The van der Waals surface area contributed by atoms with E-state index in [0.717, 1.165) is 31.2 Å². The summed E-state index contributed by atoms with van der Waals surface area (Å²) in [4.78, 5) is 24.2. The normalized spacial score (nSPS) is 20.8. The van der Waals surface area contributed by atoms with E-state index in [2.05, 4.69) is 15.6 Å². The van der Waals surface area contributed by atoms with Gasteiger partial charge in [-0.25, -0.2) is 4.68 Å². The number of carbonyl (C=O) groups excluding carboxylic acids is 2. The van der Waals surface area contributed by atoms with Crippen molar-refractivity contribution in [3.05, 3.63) is 41.7 Å². The number of carbonyl (C=O) groups is 2. The summed E-state index contributed by atoms with van der Waals surface area (Å²) < 4.78 is 1.69. The molecule has 0 bridgehead atoms. The maximum Gasteiger partial charge on any atom is 0.274 e. The first-order chi connectivity index (χ1) is 12.9. The third-order valence-electron chi connectivity index (χ3n) is 4.88. The van der Waals surface area contributed by atoms with Crippen LogP contribution in [0.4, 0.5) is 0 Å². The maximum atomic E-state index is 12.5. The molecular formula is C18H24N6O3. The highest BCUT2D eigenvalue weighted by molar-refractivity contribution is 5.95. The lowest BCUT2D eigenvalue weighted by molar-refractivity contribution is -0.119. The summed E-state index contributed by atoms with van der Waals surface area (Å²) in [7, 11) is 0. The van der Waals surface area contributed by atoms with Crippen LogP contribution in [0.15, 0.2) is 30.5 Å².